The number of nitrogens with one attached hydrogen (secondary N) is 1. The minimum Gasteiger partial charge on any atom is -0.385 e. The van der Waals surface area contributed by atoms with Crippen molar-refractivity contribution in [2.45, 2.75) is 25.4 Å². The molecule has 0 aliphatic carbocycles. The van der Waals surface area contributed by atoms with Crippen LogP contribution in [0, 0.1) is 12.7 Å². The molecule has 1 aromatic rings. The molecule has 82 valence electrons. The number of benzene rings is 1. The van der Waals surface area contributed by atoms with Gasteiger partial charge in [-0.15, -0.1) is 0 Å². The van der Waals surface area contributed by atoms with Crippen LogP contribution in [0.2, 0.25) is 0 Å². The van der Waals surface area contributed by atoms with Crippen molar-refractivity contribution in [3.63, 3.8) is 0 Å². The molecule has 0 unspecified atom stereocenters. The first-order valence-corrected chi connectivity index (χ1v) is 5.32. The van der Waals surface area contributed by atoms with Gasteiger partial charge >= 0.3 is 0 Å². The molecule has 2 rings (SSSR count). The highest BCUT2D eigenvalue weighted by Gasteiger charge is 2.32. The van der Waals surface area contributed by atoms with Gasteiger partial charge in [-0.05, 0) is 50.0 Å². The Hall–Kier alpha value is -0.930. The second-order valence-corrected chi connectivity index (χ2v) is 4.19. The molecule has 1 aliphatic heterocycles. The standard InChI is InChI=1S/C12H16FNO/c1-9-10(3-2-4-11(9)13)12(15)5-7-14-8-6-12/h2-4,14-15H,5-8H2,1H3. The van der Waals surface area contributed by atoms with Crippen LogP contribution >= 0.6 is 0 Å². The van der Waals surface area contributed by atoms with Crippen LogP contribution < -0.4 is 5.32 Å². The minimum absolute atomic E-state index is 0.237. The van der Waals surface area contributed by atoms with Crippen molar-refractivity contribution in [2.24, 2.45) is 0 Å². The van der Waals surface area contributed by atoms with E-state index in [0.29, 0.717) is 18.4 Å². The summed E-state index contributed by atoms with van der Waals surface area (Å²) in [6.07, 6.45) is 1.30. The van der Waals surface area contributed by atoms with Gasteiger partial charge in [0, 0.05) is 0 Å². The van der Waals surface area contributed by atoms with Crippen LogP contribution in [0.25, 0.3) is 0 Å². The van der Waals surface area contributed by atoms with Crippen LogP contribution in [-0.4, -0.2) is 18.2 Å². The van der Waals surface area contributed by atoms with Crippen molar-refractivity contribution in [3.8, 4) is 0 Å². The number of aliphatic hydroxyl groups is 1. The Morgan fingerprint density at radius 2 is 2.00 bits per heavy atom. The lowest BCUT2D eigenvalue weighted by atomic mass is 9.83. The summed E-state index contributed by atoms with van der Waals surface area (Å²) in [6, 6.07) is 4.92. The van der Waals surface area contributed by atoms with Gasteiger partial charge in [0.1, 0.15) is 5.82 Å². The SMILES string of the molecule is Cc1c(F)cccc1C1(O)CCNCC1. The van der Waals surface area contributed by atoms with Crippen LogP contribution in [0.4, 0.5) is 4.39 Å². The van der Waals surface area contributed by atoms with E-state index < -0.39 is 5.60 Å². The van der Waals surface area contributed by atoms with Crippen molar-refractivity contribution >= 4 is 0 Å². The summed E-state index contributed by atoms with van der Waals surface area (Å²) in [7, 11) is 0. The summed E-state index contributed by atoms with van der Waals surface area (Å²) >= 11 is 0. The van der Waals surface area contributed by atoms with Gasteiger partial charge in [-0.2, -0.15) is 0 Å². The van der Waals surface area contributed by atoms with Gasteiger partial charge in [0.05, 0.1) is 5.60 Å². The number of hydrogen-bond donors (Lipinski definition) is 2. The van der Waals surface area contributed by atoms with Crippen LogP contribution in [0.3, 0.4) is 0 Å². The van der Waals surface area contributed by atoms with Crippen LogP contribution in [0.15, 0.2) is 18.2 Å². The zero-order valence-corrected chi connectivity index (χ0v) is 8.89. The predicted molar refractivity (Wildman–Crippen MR) is 57.1 cm³/mol. The first-order chi connectivity index (χ1) is 7.13. The van der Waals surface area contributed by atoms with Crippen molar-refractivity contribution in [2.75, 3.05) is 13.1 Å². The Labute approximate surface area is 89.1 Å². The summed E-state index contributed by atoms with van der Waals surface area (Å²) in [5.41, 5.74) is 0.461. The Morgan fingerprint density at radius 3 is 2.67 bits per heavy atom. The van der Waals surface area contributed by atoms with Gasteiger partial charge in [0.2, 0.25) is 0 Å². The summed E-state index contributed by atoms with van der Waals surface area (Å²) in [4.78, 5) is 0. The summed E-state index contributed by atoms with van der Waals surface area (Å²) < 4.78 is 13.4. The van der Waals surface area contributed by atoms with Gasteiger partial charge in [-0.1, -0.05) is 12.1 Å². The Bertz CT molecular complexity index is 359. The maximum atomic E-state index is 13.4. The number of rotatable bonds is 1. The molecule has 3 heteroatoms. The molecule has 0 spiro atoms. The van der Waals surface area contributed by atoms with Crippen LogP contribution in [0.5, 0.6) is 0 Å². The zero-order chi connectivity index (χ0) is 10.9. The molecule has 0 aromatic heterocycles. The van der Waals surface area contributed by atoms with E-state index in [9.17, 15) is 9.50 Å². The molecule has 2 N–H and O–H groups in total. The van der Waals surface area contributed by atoms with Gasteiger partial charge in [0.15, 0.2) is 0 Å². The Balaban J connectivity index is 2.39. The smallest absolute Gasteiger partial charge is 0.126 e. The van der Waals surface area contributed by atoms with Gasteiger partial charge in [-0.3, -0.25) is 0 Å². The fourth-order valence-electron chi connectivity index (χ4n) is 2.22. The molecule has 1 aliphatic rings. The molecule has 1 heterocycles. The molecule has 0 atom stereocenters. The lowest BCUT2D eigenvalue weighted by Crippen LogP contribution is -2.40. The predicted octanol–water partition coefficient (Wildman–Crippen LogP) is 1.71. The van der Waals surface area contributed by atoms with E-state index in [1.807, 2.05) is 6.07 Å². The third kappa shape index (κ3) is 1.90. The van der Waals surface area contributed by atoms with Gasteiger partial charge in [-0.25, -0.2) is 4.39 Å². The van der Waals surface area contributed by atoms with Gasteiger partial charge in [0.25, 0.3) is 0 Å². The second kappa shape index (κ2) is 3.91. The Morgan fingerprint density at radius 1 is 1.33 bits per heavy atom. The minimum atomic E-state index is -0.850. The summed E-state index contributed by atoms with van der Waals surface area (Å²) in [5, 5.41) is 13.6. The molecule has 1 saturated heterocycles. The fraction of sp³-hybridized carbons (Fsp3) is 0.500. The zero-order valence-electron chi connectivity index (χ0n) is 8.89. The van der Waals surface area contributed by atoms with E-state index in [1.165, 1.54) is 6.07 Å². The third-order valence-electron chi connectivity index (χ3n) is 3.20. The molecule has 1 aromatic carbocycles. The lowest BCUT2D eigenvalue weighted by Gasteiger charge is -2.34. The summed E-state index contributed by atoms with van der Waals surface area (Å²) in [5.74, 6) is -0.237. The molecule has 0 radical (unpaired) electrons. The lowest BCUT2D eigenvalue weighted by molar-refractivity contribution is 0.00507. The molecule has 0 amide bonds. The van der Waals surface area contributed by atoms with E-state index in [0.717, 1.165) is 18.7 Å². The number of hydrogen-bond acceptors (Lipinski definition) is 2. The normalized spacial score (nSPS) is 20.2. The van der Waals surface area contributed by atoms with E-state index in [2.05, 4.69) is 5.32 Å². The molecule has 0 saturated carbocycles. The quantitative estimate of drug-likeness (QED) is 0.738. The molecule has 1 fully saturated rings. The first kappa shape index (κ1) is 10.6. The van der Waals surface area contributed by atoms with Gasteiger partial charge < -0.3 is 10.4 Å². The highest BCUT2D eigenvalue weighted by Crippen LogP contribution is 2.33. The Kier molecular flexibility index (Phi) is 2.76. The average molecular weight is 209 g/mol. The van der Waals surface area contributed by atoms with E-state index >= 15 is 0 Å². The van der Waals surface area contributed by atoms with Crippen LogP contribution in [0.1, 0.15) is 24.0 Å². The topological polar surface area (TPSA) is 32.3 Å². The third-order valence-corrected chi connectivity index (χ3v) is 3.20. The number of piperidine rings is 1. The molecule has 2 nitrogen and oxygen atoms in total. The summed E-state index contributed by atoms with van der Waals surface area (Å²) in [6.45, 7) is 3.30. The fourth-order valence-corrected chi connectivity index (χ4v) is 2.22. The number of halogens is 1. The highest BCUT2D eigenvalue weighted by atomic mass is 19.1. The van der Waals surface area contributed by atoms with Crippen LogP contribution in [-0.2, 0) is 5.60 Å². The average Bonchev–Trinajstić information content (AvgIpc) is 2.23. The highest BCUT2D eigenvalue weighted by molar-refractivity contribution is 5.32. The van der Waals surface area contributed by atoms with Crippen molar-refractivity contribution in [1.29, 1.82) is 0 Å². The monoisotopic (exact) mass is 209 g/mol. The maximum absolute atomic E-state index is 13.4. The molecule has 0 bridgehead atoms. The molecule has 15 heavy (non-hydrogen) atoms. The molecular weight excluding hydrogens is 193 g/mol. The van der Waals surface area contributed by atoms with Crippen molar-refractivity contribution in [3.05, 3.63) is 35.1 Å². The first-order valence-electron chi connectivity index (χ1n) is 5.32. The largest absolute Gasteiger partial charge is 0.385 e. The maximum Gasteiger partial charge on any atom is 0.126 e. The van der Waals surface area contributed by atoms with E-state index in [1.54, 1.807) is 13.0 Å². The van der Waals surface area contributed by atoms with E-state index in [4.69, 9.17) is 0 Å². The van der Waals surface area contributed by atoms with Crippen molar-refractivity contribution in [1.82, 2.24) is 5.32 Å². The van der Waals surface area contributed by atoms with E-state index in [-0.39, 0.29) is 5.82 Å². The molecular formula is C12H16FNO. The van der Waals surface area contributed by atoms with Crippen molar-refractivity contribution < 1.29 is 9.50 Å². The second-order valence-electron chi connectivity index (χ2n) is 4.19.